The third-order valence-corrected chi connectivity index (χ3v) is 4.07. The molecule has 0 bridgehead atoms. The molecule has 2 unspecified atom stereocenters. The first kappa shape index (κ1) is 20.2. The largest absolute Gasteiger partial charge is 0.461 e. The van der Waals surface area contributed by atoms with Gasteiger partial charge in [-0.15, -0.1) is 0 Å². The Morgan fingerprint density at radius 3 is 1.88 bits per heavy atom. The van der Waals surface area contributed by atoms with Gasteiger partial charge in [-0.1, -0.05) is 84.0 Å². The molecule has 24 heavy (non-hydrogen) atoms. The summed E-state index contributed by atoms with van der Waals surface area (Å²) in [7, 11) is 0. The molecule has 0 heterocycles. The first-order chi connectivity index (χ1) is 11.4. The van der Waals surface area contributed by atoms with E-state index in [-0.39, 0.29) is 5.41 Å². The molecule has 0 radical (unpaired) electrons. The highest BCUT2D eigenvalue weighted by molar-refractivity contribution is 5.31. The van der Waals surface area contributed by atoms with Gasteiger partial charge in [-0.2, -0.15) is 0 Å². The second kappa shape index (κ2) is 9.48. The van der Waals surface area contributed by atoms with Crippen LogP contribution in [-0.4, -0.2) is 5.11 Å². The average molecular weight is 328 g/mol. The number of hydrogen-bond acceptors (Lipinski definition) is 2. The number of benzene rings is 2. The van der Waals surface area contributed by atoms with Crippen LogP contribution in [0, 0.1) is 5.41 Å². The number of aliphatic hydroxyl groups excluding tert-OH is 1. The predicted octanol–water partition coefficient (Wildman–Crippen LogP) is 6.32. The second-order valence-corrected chi connectivity index (χ2v) is 6.78. The monoisotopic (exact) mass is 328 g/mol. The SMILES string of the molecule is CC.CCC(c1ccc(OC(O)c2ccccc2)cc1)C(C)(C)C. The van der Waals surface area contributed by atoms with E-state index >= 15 is 0 Å². The van der Waals surface area contributed by atoms with E-state index in [1.807, 2.05) is 56.3 Å². The predicted molar refractivity (Wildman–Crippen MR) is 102 cm³/mol. The van der Waals surface area contributed by atoms with Gasteiger partial charge in [-0.05, 0) is 35.4 Å². The van der Waals surface area contributed by atoms with Crippen molar-refractivity contribution in [2.24, 2.45) is 5.41 Å². The van der Waals surface area contributed by atoms with Crippen LogP contribution in [-0.2, 0) is 0 Å². The Kier molecular flexibility index (Phi) is 8.00. The van der Waals surface area contributed by atoms with Gasteiger partial charge in [0, 0.05) is 5.56 Å². The summed E-state index contributed by atoms with van der Waals surface area (Å²) in [5, 5.41) is 10.1. The van der Waals surface area contributed by atoms with Gasteiger partial charge in [0.05, 0.1) is 0 Å². The van der Waals surface area contributed by atoms with E-state index in [9.17, 15) is 5.11 Å². The quantitative estimate of drug-likeness (QED) is 0.650. The highest BCUT2D eigenvalue weighted by Gasteiger charge is 2.24. The molecule has 0 saturated carbocycles. The number of hydrogen-bond donors (Lipinski definition) is 1. The van der Waals surface area contributed by atoms with E-state index in [0.29, 0.717) is 11.7 Å². The van der Waals surface area contributed by atoms with Crippen molar-refractivity contribution in [1.29, 1.82) is 0 Å². The zero-order valence-electron chi connectivity index (χ0n) is 15.9. The van der Waals surface area contributed by atoms with Crippen LogP contribution in [0.4, 0.5) is 0 Å². The zero-order chi connectivity index (χ0) is 18.2. The van der Waals surface area contributed by atoms with Crippen molar-refractivity contribution in [3.8, 4) is 5.75 Å². The lowest BCUT2D eigenvalue weighted by Gasteiger charge is -2.30. The maximum Gasteiger partial charge on any atom is 0.224 e. The standard InChI is InChI=1S/C20H26O2.C2H6/c1-5-18(20(2,3)4)15-11-13-17(14-12-15)22-19(21)16-9-7-6-8-10-16;1-2/h6-14,18-19,21H,5H2,1-4H3;1-2H3. The van der Waals surface area contributed by atoms with Gasteiger partial charge in [0.1, 0.15) is 5.75 Å². The molecule has 0 fully saturated rings. The summed E-state index contributed by atoms with van der Waals surface area (Å²) < 4.78 is 5.61. The summed E-state index contributed by atoms with van der Waals surface area (Å²) in [6.07, 6.45) is 0.174. The van der Waals surface area contributed by atoms with Gasteiger partial charge in [-0.25, -0.2) is 0 Å². The van der Waals surface area contributed by atoms with Crippen molar-refractivity contribution in [1.82, 2.24) is 0 Å². The van der Waals surface area contributed by atoms with E-state index in [0.717, 1.165) is 12.0 Å². The van der Waals surface area contributed by atoms with Gasteiger partial charge in [0.15, 0.2) is 0 Å². The third-order valence-electron chi connectivity index (χ3n) is 4.07. The Hall–Kier alpha value is -1.80. The normalized spacial score (nSPS) is 13.5. The van der Waals surface area contributed by atoms with Crippen molar-refractivity contribution in [2.75, 3.05) is 0 Å². The first-order valence-corrected chi connectivity index (χ1v) is 8.91. The Bertz CT molecular complexity index is 567. The molecule has 2 aromatic carbocycles. The van der Waals surface area contributed by atoms with Crippen LogP contribution < -0.4 is 4.74 Å². The number of rotatable bonds is 5. The summed E-state index contributed by atoms with van der Waals surface area (Å²) in [4.78, 5) is 0. The Labute approximate surface area is 147 Å². The smallest absolute Gasteiger partial charge is 0.224 e. The minimum absolute atomic E-state index is 0.237. The first-order valence-electron chi connectivity index (χ1n) is 8.91. The minimum Gasteiger partial charge on any atom is -0.461 e. The molecule has 0 aliphatic heterocycles. The Morgan fingerprint density at radius 2 is 1.42 bits per heavy atom. The fourth-order valence-corrected chi connectivity index (χ4v) is 2.94. The molecule has 0 spiro atoms. The van der Waals surface area contributed by atoms with Gasteiger partial charge in [0.25, 0.3) is 0 Å². The summed E-state index contributed by atoms with van der Waals surface area (Å²) in [5.41, 5.74) is 2.31. The Balaban J connectivity index is 0.00000139. The van der Waals surface area contributed by atoms with Crippen molar-refractivity contribution in [3.63, 3.8) is 0 Å². The van der Waals surface area contributed by atoms with Crippen molar-refractivity contribution < 1.29 is 9.84 Å². The summed E-state index contributed by atoms with van der Waals surface area (Å²) >= 11 is 0. The van der Waals surface area contributed by atoms with Crippen molar-refractivity contribution >= 4 is 0 Å². The second-order valence-electron chi connectivity index (χ2n) is 6.78. The molecule has 0 aliphatic carbocycles. The summed E-state index contributed by atoms with van der Waals surface area (Å²) in [6.45, 7) is 13.0. The van der Waals surface area contributed by atoms with Crippen LogP contribution in [0.5, 0.6) is 5.75 Å². The highest BCUT2D eigenvalue weighted by atomic mass is 16.6. The molecule has 2 nitrogen and oxygen atoms in total. The number of aliphatic hydroxyl groups is 1. The van der Waals surface area contributed by atoms with E-state index in [2.05, 4.69) is 39.8 Å². The molecule has 2 heteroatoms. The van der Waals surface area contributed by atoms with Crippen LogP contribution in [0.15, 0.2) is 54.6 Å². The van der Waals surface area contributed by atoms with Gasteiger partial charge >= 0.3 is 0 Å². The van der Waals surface area contributed by atoms with Gasteiger partial charge < -0.3 is 9.84 Å². The fraction of sp³-hybridized carbons (Fsp3) is 0.455. The van der Waals surface area contributed by atoms with E-state index in [1.165, 1.54) is 5.56 Å². The lowest BCUT2D eigenvalue weighted by Crippen LogP contribution is -2.17. The van der Waals surface area contributed by atoms with Gasteiger partial charge in [-0.3, -0.25) is 0 Å². The molecule has 0 aromatic heterocycles. The van der Waals surface area contributed by atoms with Crippen molar-refractivity contribution in [2.45, 2.75) is 60.2 Å². The lowest BCUT2D eigenvalue weighted by molar-refractivity contribution is -0.0194. The lowest BCUT2D eigenvalue weighted by atomic mass is 9.75. The topological polar surface area (TPSA) is 29.5 Å². The molecule has 2 aromatic rings. The molecule has 0 saturated heterocycles. The van der Waals surface area contributed by atoms with Crippen LogP contribution >= 0.6 is 0 Å². The number of ether oxygens (including phenoxy) is 1. The van der Waals surface area contributed by atoms with E-state index < -0.39 is 6.29 Å². The molecule has 0 aliphatic rings. The highest BCUT2D eigenvalue weighted by Crippen LogP contribution is 2.38. The summed E-state index contributed by atoms with van der Waals surface area (Å²) in [6, 6.07) is 17.5. The van der Waals surface area contributed by atoms with Crippen LogP contribution in [0.1, 0.15) is 71.3 Å². The maximum atomic E-state index is 10.1. The molecular weight excluding hydrogens is 296 g/mol. The van der Waals surface area contributed by atoms with E-state index in [4.69, 9.17) is 4.74 Å². The molecule has 2 atom stereocenters. The van der Waals surface area contributed by atoms with Gasteiger partial charge in [0.2, 0.25) is 6.29 Å². The Morgan fingerprint density at radius 1 is 0.875 bits per heavy atom. The van der Waals surface area contributed by atoms with Crippen LogP contribution in [0.25, 0.3) is 0 Å². The average Bonchev–Trinajstić information content (AvgIpc) is 2.58. The van der Waals surface area contributed by atoms with Crippen LogP contribution in [0.3, 0.4) is 0 Å². The van der Waals surface area contributed by atoms with Crippen molar-refractivity contribution in [3.05, 3.63) is 65.7 Å². The zero-order valence-corrected chi connectivity index (χ0v) is 15.9. The fourth-order valence-electron chi connectivity index (χ4n) is 2.94. The summed E-state index contributed by atoms with van der Waals surface area (Å²) in [5.74, 6) is 1.20. The third kappa shape index (κ3) is 5.68. The molecule has 0 amide bonds. The molecular formula is C22H32O2. The molecule has 132 valence electrons. The van der Waals surface area contributed by atoms with Crippen LogP contribution in [0.2, 0.25) is 0 Å². The molecule has 1 N–H and O–H groups in total. The van der Waals surface area contributed by atoms with E-state index in [1.54, 1.807) is 0 Å². The molecule has 2 rings (SSSR count). The minimum atomic E-state index is -0.934. The maximum absolute atomic E-state index is 10.1.